The molecule has 114 valence electrons. The Kier molecular flexibility index (Phi) is 21.9. The van der Waals surface area contributed by atoms with Crippen molar-refractivity contribution in [1.82, 2.24) is 0 Å². The van der Waals surface area contributed by atoms with Crippen molar-refractivity contribution in [2.45, 2.75) is 51.9 Å². The maximum Gasteiger partial charge on any atom is 0 e. The Hall–Kier alpha value is 1.12. The Labute approximate surface area is 145 Å². The molecule has 0 N–H and O–H groups in total. The molecule has 0 aliphatic carbocycles. The maximum atomic E-state index is 7.50. The SMILES string of the molecule is CC(C)(C)C1PSC(C(C)(C)C)P1.[C-]#[O+].[C-]#[O+].[C-]#[O+].[W]. The number of rotatable bonds is 0. The first-order valence-corrected chi connectivity index (χ1v) is 9.33. The fraction of sp³-hybridized carbons (Fsp3) is 0.769. The van der Waals surface area contributed by atoms with E-state index in [4.69, 9.17) is 14.0 Å². The largest absolute Gasteiger partial charge is 0 e. The average Bonchev–Trinajstić information content (AvgIpc) is 2.86. The first kappa shape index (κ1) is 29.2. The van der Waals surface area contributed by atoms with Crippen LogP contribution in [0, 0.1) is 30.8 Å². The fourth-order valence-corrected chi connectivity index (χ4v) is 10.7. The molecule has 1 rings (SSSR count). The molecular weight excluding hydrogens is 482 g/mol. The quantitative estimate of drug-likeness (QED) is 0.270. The van der Waals surface area contributed by atoms with Gasteiger partial charge in [-0.15, -0.1) is 11.4 Å². The first-order chi connectivity index (χ1) is 8.71. The van der Waals surface area contributed by atoms with Crippen molar-refractivity contribution in [1.29, 1.82) is 0 Å². The fourth-order valence-electron chi connectivity index (χ4n) is 1.21. The van der Waals surface area contributed by atoms with Crippen molar-refractivity contribution in [2.24, 2.45) is 10.8 Å². The molecule has 3 nitrogen and oxygen atoms in total. The van der Waals surface area contributed by atoms with Gasteiger partial charge in [-0.25, -0.2) is 0 Å². The molecule has 4 unspecified atom stereocenters. The monoisotopic (exact) mass is 504 g/mol. The van der Waals surface area contributed by atoms with Gasteiger partial charge in [0.15, 0.2) is 0 Å². The maximum absolute atomic E-state index is 7.50. The van der Waals surface area contributed by atoms with Crippen molar-refractivity contribution in [3.05, 3.63) is 20.0 Å². The summed E-state index contributed by atoms with van der Waals surface area (Å²) in [5.41, 5.74) is 1.04. The van der Waals surface area contributed by atoms with Gasteiger partial charge in [-0.05, 0) is 10.8 Å². The summed E-state index contributed by atoms with van der Waals surface area (Å²) in [5, 5.41) is 0.974. The minimum Gasteiger partial charge on any atom is 0 e. The molecule has 0 spiro atoms. The first-order valence-electron chi connectivity index (χ1n) is 5.50. The molecule has 1 aliphatic heterocycles. The zero-order valence-electron chi connectivity index (χ0n) is 12.7. The van der Waals surface area contributed by atoms with Crippen molar-refractivity contribution in [2.75, 3.05) is 0 Å². The molecule has 0 radical (unpaired) electrons. The van der Waals surface area contributed by atoms with Gasteiger partial charge in [-0.3, -0.25) is 0 Å². The van der Waals surface area contributed by atoms with Crippen molar-refractivity contribution in [3.63, 3.8) is 0 Å². The molecule has 1 saturated heterocycles. The molecule has 1 heterocycles. The molecule has 20 heavy (non-hydrogen) atoms. The summed E-state index contributed by atoms with van der Waals surface area (Å²) < 4.78 is 22.5. The standard InChI is InChI=1S/C10H22P2S.3CO.W/c1-9(2,3)7-11-8(13-12-7)10(4,5)6;3*1-2;/h7-8,11-12H,1-6H3;;;;. The third-order valence-electron chi connectivity index (χ3n) is 2.27. The molecule has 4 atom stereocenters. The summed E-state index contributed by atoms with van der Waals surface area (Å²) in [6.07, 6.45) is 0. The summed E-state index contributed by atoms with van der Waals surface area (Å²) in [6.45, 7) is 27.8. The van der Waals surface area contributed by atoms with E-state index >= 15 is 0 Å². The second-order valence-electron chi connectivity index (χ2n) is 5.95. The average molecular weight is 504 g/mol. The zero-order chi connectivity index (χ0) is 16.3. The van der Waals surface area contributed by atoms with Crippen LogP contribution in [0.4, 0.5) is 0 Å². The van der Waals surface area contributed by atoms with E-state index in [1.807, 2.05) is 0 Å². The Bertz CT molecular complexity index is 258. The van der Waals surface area contributed by atoms with E-state index in [-0.39, 0.29) is 21.1 Å². The van der Waals surface area contributed by atoms with Crippen LogP contribution in [0.5, 0.6) is 0 Å². The van der Waals surface area contributed by atoms with E-state index in [0.29, 0.717) is 10.8 Å². The molecule has 0 aromatic carbocycles. The normalized spacial score (nSPS) is 22.8. The van der Waals surface area contributed by atoms with Gasteiger partial charge in [0.05, 0.1) is 0 Å². The van der Waals surface area contributed by atoms with Crippen LogP contribution in [0.1, 0.15) is 41.5 Å². The van der Waals surface area contributed by atoms with Gasteiger partial charge in [0, 0.05) is 31.5 Å². The van der Waals surface area contributed by atoms with E-state index in [1.165, 1.54) is 8.58 Å². The molecule has 0 aromatic rings. The van der Waals surface area contributed by atoms with Crippen LogP contribution in [0.3, 0.4) is 0 Å². The topological polar surface area (TPSA) is 59.7 Å². The van der Waals surface area contributed by atoms with Crippen molar-refractivity contribution in [3.8, 4) is 0 Å². The van der Waals surface area contributed by atoms with Gasteiger partial charge >= 0.3 is 33.9 Å². The minimum absolute atomic E-state index is 0. The molecule has 1 fully saturated rings. The minimum atomic E-state index is 0. The van der Waals surface area contributed by atoms with Crippen LogP contribution >= 0.6 is 27.7 Å². The third kappa shape index (κ3) is 12.8. The van der Waals surface area contributed by atoms with Gasteiger partial charge < -0.3 is 0 Å². The molecule has 0 bridgehead atoms. The van der Waals surface area contributed by atoms with Crippen molar-refractivity contribution < 1.29 is 35.0 Å². The second-order valence-corrected chi connectivity index (χ2v) is 11.4. The second kappa shape index (κ2) is 15.0. The summed E-state index contributed by atoms with van der Waals surface area (Å²) in [7, 11) is 2.30. The van der Waals surface area contributed by atoms with Crippen molar-refractivity contribution >= 4 is 27.7 Å². The van der Waals surface area contributed by atoms with Gasteiger partial charge in [0.25, 0.3) is 0 Å². The number of hydrogen-bond acceptors (Lipinski definition) is 1. The van der Waals surface area contributed by atoms with Gasteiger partial charge in [0.2, 0.25) is 0 Å². The Morgan fingerprint density at radius 3 is 1.30 bits per heavy atom. The summed E-state index contributed by atoms with van der Waals surface area (Å²) in [6, 6.07) is 0. The Morgan fingerprint density at radius 1 is 0.800 bits per heavy atom. The molecular formula is C13H22O3P2SW. The van der Waals surface area contributed by atoms with Gasteiger partial charge in [-0.2, -0.15) is 0 Å². The van der Waals surface area contributed by atoms with Crippen LogP contribution in [-0.4, -0.2) is 10.4 Å². The summed E-state index contributed by atoms with van der Waals surface area (Å²) in [4.78, 5) is 0.912. The van der Waals surface area contributed by atoms with Crippen LogP contribution in [0.2, 0.25) is 0 Å². The van der Waals surface area contributed by atoms with Crippen LogP contribution in [0.15, 0.2) is 0 Å². The molecule has 0 aromatic heterocycles. The predicted molar refractivity (Wildman–Crippen MR) is 82.5 cm³/mol. The van der Waals surface area contributed by atoms with Gasteiger partial charge in [0.1, 0.15) is 0 Å². The van der Waals surface area contributed by atoms with E-state index in [1.54, 1.807) is 0 Å². The third-order valence-corrected chi connectivity index (χ3v) is 11.7. The van der Waals surface area contributed by atoms with Crippen LogP contribution in [0.25, 0.3) is 0 Å². The smallest absolute Gasteiger partial charge is 0 e. The predicted octanol–water partition coefficient (Wildman–Crippen LogP) is 4.63. The van der Waals surface area contributed by atoms with Crippen LogP contribution < -0.4 is 0 Å². The Balaban J connectivity index is -0.000000162. The van der Waals surface area contributed by atoms with Gasteiger partial charge in [-0.1, -0.05) is 57.9 Å². The van der Waals surface area contributed by atoms with E-state index in [0.717, 1.165) is 18.2 Å². The van der Waals surface area contributed by atoms with E-state index in [2.05, 4.69) is 72.9 Å². The summed E-state index contributed by atoms with van der Waals surface area (Å²) in [5.74, 6) is 0. The summed E-state index contributed by atoms with van der Waals surface area (Å²) >= 11 is 2.22. The number of hydrogen-bond donors (Lipinski definition) is 0. The van der Waals surface area contributed by atoms with E-state index in [9.17, 15) is 0 Å². The van der Waals surface area contributed by atoms with E-state index < -0.39 is 0 Å². The molecule has 1 aliphatic rings. The van der Waals surface area contributed by atoms with Crippen LogP contribution in [-0.2, 0) is 35.0 Å². The zero-order valence-corrected chi connectivity index (χ0v) is 18.4. The Morgan fingerprint density at radius 2 is 1.15 bits per heavy atom. The molecule has 0 saturated carbocycles. The molecule has 7 heteroatoms. The molecule has 0 amide bonds.